The van der Waals surface area contributed by atoms with E-state index in [0.717, 1.165) is 12.8 Å². The van der Waals surface area contributed by atoms with Gasteiger partial charge < -0.3 is 5.11 Å². The van der Waals surface area contributed by atoms with E-state index in [4.69, 9.17) is 0 Å². The average molecular weight is 304 g/mol. The van der Waals surface area contributed by atoms with Crippen molar-refractivity contribution in [2.45, 2.75) is 38.7 Å². The summed E-state index contributed by atoms with van der Waals surface area (Å²) in [6, 6.07) is 8.38. The molecule has 0 heterocycles. The fourth-order valence-corrected chi connectivity index (χ4v) is 1.89. The smallest absolute Gasteiger partial charge is 0.0606 e. The number of rotatable bonds is 4. The third-order valence-electron chi connectivity index (χ3n) is 2.56. The second-order valence-electron chi connectivity index (χ2n) is 3.70. The first kappa shape index (κ1) is 12.0. The molecule has 0 aliphatic carbocycles. The molecule has 0 saturated heterocycles. The summed E-state index contributed by atoms with van der Waals surface area (Å²) in [6.45, 7) is 4.19. The van der Waals surface area contributed by atoms with E-state index in [9.17, 15) is 5.11 Å². The Hall–Kier alpha value is -0.0900. The third kappa shape index (κ3) is 3.24. The van der Waals surface area contributed by atoms with Crippen LogP contribution in [0.4, 0.5) is 0 Å². The van der Waals surface area contributed by atoms with Gasteiger partial charge in [-0.3, -0.25) is 0 Å². The molecule has 0 radical (unpaired) electrons. The van der Waals surface area contributed by atoms with Crippen LogP contribution < -0.4 is 0 Å². The third-order valence-corrected chi connectivity index (χ3v) is 3.28. The first-order valence-corrected chi connectivity index (χ1v) is 6.16. The Labute approximate surface area is 99.7 Å². The highest BCUT2D eigenvalue weighted by Gasteiger charge is 2.14. The van der Waals surface area contributed by atoms with Crippen molar-refractivity contribution < 1.29 is 5.11 Å². The maximum atomic E-state index is 9.84. The first-order chi connectivity index (χ1) is 6.65. The fourth-order valence-electron chi connectivity index (χ4n) is 1.53. The van der Waals surface area contributed by atoms with Crippen molar-refractivity contribution in [1.82, 2.24) is 0 Å². The van der Waals surface area contributed by atoms with Gasteiger partial charge in [-0.05, 0) is 46.7 Å². The highest BCUT2D eigenvalue weighted by atomic mass is 127. The summed E-state index contributed by atoms with van der Waals surface area (Å²) in [5.41, 5.74) is 1.23. The largest absolute Gasteiger partial charge is 0.393 e. The van der Waals surface area contributed by atoms with Crippen molar-refractivity contribution >= 4 is 22.6 Å². The molecule has 78 valence electrons. The quantitative estimate of drug-likeness (QED) is 0.843. The van der Waals surface area contributed by atoms with Gasteiger partial charge in [-0.2, -0.15) is 0 Å². The molecule has 1 rings (SSSR count). The van der Waals surface area contributed by atoms with E-state index in [1.165, 1.54) is 9.13 Å². The maximum Gasteiger partial charge on any atom is 0.0606 e. The molecule has 2 unspecified atom stereocenters. The van der Waals surface area contributed by atoms with E-state index in [-0.39, 0.29) is 12.0 Å². The van der Waals surface area contributed by atoms with Gasteiger partial charge in [0.05, 0.1) is 6.10 Å². The Bertz CT molecular complexity index is 268. The lowest BCUT2D eigenvalue weighted by atomic mass is 9.93. The molecule has 2 atom stereocenters. The van der Waals surface area contributed by atoms with Crippen molar-refractivity contribution in [1.29, 1.82) is 0 Å². The number of halogens is 1. The van der Waals surface area contributed by atoms with E-state index < -0.39 is 0 Å². The Morgan fingerprint density at radius 2 is 1.86 bits per heavy atom. The zero-order valence-electron chi connectivity index (χ0n) is 8.70. The van der Waals surface area contributed by atoms with Crippen LogP contribution in [-0.4, -0.2) is 11.2 Å². The molecular weight excluding hydrogens is 287 g/mol. The predicted octanol–water partition coefficient (Wildman–Crippen LogP) is 3.56. The van der Waals surface area contributed by atoms with Crippen LogP contribution in [0.2, 0.25) is 0 Å². The van der Waals surface area contributed by atoms with Crippen molar-refractivity contribution in [3.8, 4) is 0 Å². The van der Waals surface area contributed by atoms with E-state index in [0.29, 0.717) is 0 Å². The standard InChI is InChI=1S/C12H17IO/c1-3-4-12(14)9(2)10-5-7-11(13)8-6-10/h5-9,12,14H,3-4H2,1-2H3. The van der Waals surface area contributed by atoms with Gasteiger partial charge in [-0.15, -0.1) is 0 Å². The molecule has 0 saturated carbocycles. The summed E-state index contributed by atoms with van der Waals surface area (Å²) in [5.74, 6) is 0.243. The van der Waals surface area contributed by atoms with E-state index in [1.54, 1.807) is 0 Å². The number of benzene rings is 1. The van der Waals surface area contributed by atoms with E-state index in [1.807, 2.05) is 0 Å². The van der Waals surface area contributed by atoms with Crippen LogP contribution in [-0.2, 0) is 0 Å². The van der Waals surface area contributed by atoms with Crippen molar-refractivity contribution in [3.05, 3.63) is 33.4 Å². The molecule has 14 heavy (non-hydrogen) atoms. The summed E-state index contributed by atoms with van der Waals surface area (Å²) >= 11 is 2.29. The molecule has 1 nitrogen and oxygen atoms in total. The molecule has 2 heteroatoms. The highest BCUT2D eigenvalue weighted by molar-refractivity contribution is 14.1. The molecule has 1 aromatic rings. The lowest BCUT2D eigenvalue weighted by Crippen LogP contribution is -2.15. The van der Waals surface area contributed by atoms with E-state index >= 15 is 0 Å². The highest BCUT2D eigenvalue weighted by Crippen LogP contribution is 2.22. The van der Waals surface area contributed by atoms with Crippen molar-refractivity contribution in [3.63, 3.8) is 0 Å². The molecule has 1 N–H and O–H groups in total. The minimum Gasteiger partial charge on any atom is -0.393 e. The molecule has 0 amide bonds. The van der Waals surface area contributed by atoms with Crippen LogP contribution in [0.3, 0.4) is 0 Å². The van der Waals surface area contributed by atoms with Gasteiger partial charge in [0.25, 0.3) is 0 Å². The fraction of sp³-hybridized carbons (Fsp3) is 0.500. The molecule has 0 aliphatic heterocycles. The molecule has 0 fully saturated rings. The van der Waals surface area contributed by atoms with Crippen LogP contribution in [0.1, 0.15) is 38.2 Å². The molecule has 0 bridgehead atoms. The lowest BCUT2D eigenvalue weighted by Gasteiger charge is -2.18. The molecule has 0 spiro atoms. The van der Waals surface area contributed by atoms with Gasteiger partial charge in [0.2, 0.25) is 0 Å². The van der Waals surface area contributed by atoms with E-state index in [2.05, 4.69) is 60.7 Å². The van der Waals surface area contributed by atoms with Gasteiger partial charge in [0.1, 0.15) is 0 Å². The second-order valence-corrected chi connectivity index (χ2v) is 4.94. The van der Waals surface area contributed by atoms with Crippen molar-refractivity contribution in [2.24, 2.45) is 0 Å². The minimum absolute atomic E-state index is 0.208. The number of aliphatic hydroxyl groups excluding tert-OH is 1. The Balaban J connectivity index is 2.68. The zero-order valence-corrected chi connectivity index (χ0v) is 10.9. The van der Waals surface area contributed by atoms with Gasteiger partial charge >= 0.3 is 0 Å². The minimum atomic E-state index is -0.208. The molecule has 1 aromatic carbocycles. The molecule has 0 aromatic heterocycles. The Morgan fingerprint density at radius 3 is 2.36 bits per heavy atom. The summed E-state index contributed by atoms with van der Waals surface area (Å²) in [6.07, 6.45) is 1.71. The van der Waals surface area contributed by atoms with Crippen molar-refractivity contribution in [2.75, 3.05) is 0 Å². The average Bonchev–Trinajstić information content (AvgIpc) is 2.18. The normalized spacial score (nSPS) is 15.1. The summed E-state index contributed by atoms with van der Waals surface area (Å²) in [5, 5.41) is 9.84. The Morgan fingerprint density at radius 1 is 1.29 bits per heavy atom. The van der Waals surface area contributed by atoms with Crippen LogP contribution in [0.15, 0.2) is 24.3 Å². The lowest BCUT2D eigenvalue weighted by molar-refractivity contribution is 0.139. The number of hydrogen-bond acceptors (Lipinski definition) is 1. The summed E-state index contributed by atoms with van der Waals surface area (Å²) in [7, 11) is 0. The Kier molecular flexibility index (Phi) is 4.89. The molecule has 0 aliphatic rings. The summed E-state index contributed by atoms with van der Waals surface area (Å²) < 4.78 is 1.24. The van der Waals surface area contributed by atoms with Gasteiger partial charge in [0, 0.05) is 9.49 Å². The van der Waals surface area contributed by atoms with Crippen LogP contribution in [0, 0.1) is 3.57 Å². The van der Waals surface area contributed by atoms with Gasteiger partial charge in [-0.25, -0.2) is 0 Å². The van der Waals surface area contributed by atoms with Crippen LogP contribution in [0.25, 0.3) is 0 Å². The second kappa shape index (κ2) is 5.71. The molecular formula is C12H17IO. The number of hydrogen-bond donors (Lipinski definition) is 1. The number of aliphatic hydroxyl groups is 1. The van der Waals surface area contributed by atoms with Gasteiger partial charge in [-0.1, -0.05) is 32.4 Å². The SMILES string of the molecule is CCCC(O)C(C)c1ccc(I)cc1. The predicted molar refractivity (Wildman–Crippen MR) is 68.5 cm³/mol. The van der Waals surface area contributed by atoms with Gasteiger partial charge in [0.15, 0.2) is 0 Å². The van der Waals surface area contributed by atoms with Crippen LogP contribution >= 0.6 is 22.6 Å². The van der Waals surface area contributed by atoms with Crippen LogP contribution in [0.5, 0.6) is 0 Å². The maximum absolute atomic E-state index is 9.84. The monoisotopic (exact) mass is 304 g/mol. The topological polar surface area (TPSA) is 20.2 Å². The first-order valence-electron chi connectivity index (χ1n) is 5.08. The summed E-state index contributed by atoms with van der Waals surface area (Å²) in [4.78, 5) is 0. The zero-order chi connectivity index (χ0) is 10.6.